The number of hydrogen-bond acceptors (Lipinski definition) is 4. The number of anilines is 1. The third-order valence-corrected chi connectivity index (χ3v) is 7.16. The summed E-state index contributed by atoms with van der Waals surface area (Å²) in [6.45, 7) is 5.36. The predicted octanol–water partition coefficient (Wildman–Crippen LogP) is 5.51. The number of nitrogens with one attached hydrogen (secondary N) is 2. The number of carboxylic acids is 2. The first-order chi connectivity index (χ1) is 17.8. The molecule has 0 heterocycles. The third-order valence-electron chi connectivity index (χ3n) is 6.53. The zero-order chi connectivity index (χ0) is 28.2. The Labute approximate surface area is 230 Å². The molecule has 0 fully saturated rings. The monoisotopic (exact) mass is 558 g/mol. The van der Waals surface area contributed by atoms with E-state index in [4.69, 9.17) is 23.2 Å². The van der Waals surface area contributed by atoms with E-state index < -0.39 is 35.2 Å². The summed E-state index contributed by atoms with van der Waals surface area (Å²) in [4.78, 5) is 48.9. The first-order valence-electron chi connectivity index (χ1n) is 11.8. The molecule has 2 aromatic rings. The number of carbonyl (C=O) groups excluding carboxylic acids is 2. The van der Waals surface area contributed by atoms with Gasteiger partial charge >= 0.3 is 11.9 Å². The molecule has 0 bridgehead atoms. The Bertz CT molecular complexity index is 1330. The van der Waals surface area contributed by atoms with E-state index in [0.717, 1.165) is 0 Å². The summed E-state index contributed by atoms with van der Waals surface area (Å²) in [5.41, 5.74) is 2.02. The Kier molecular flexibility index (Phi) is 9.01. The highest BCUT2D eigenvalue weighted by atomic mass is 35.5. The molecule has 0 aliphatic heterocycles. The van der Waals surface area contributed by atoms with Crippen LogP contribution in [0.1, 0.15) is 49.5 Å². The maximum absolute atomic E-state index is 12.7. The van der Waals surface area contributed by atoms with Crippen LogP contribution in [0.3, 0.4) is 0 Å². The van der Waals surface area contributed by atoms with Crippen LogP contribution in [0.25, 0.3) is 0 Å². The second kappa shape index (κ2) is 11.8. The largest absolute Gasteiger partial charge is 0.480 e. The summed E-state index contributed by atoms with van der Waals surface area (Å²) in [5, 5.41) is 24.9. The molecule has 3 rings (SSSR count). The molecule has 0 radical (unpaired) electrons. The van der Waals surface area contributed by atoms with Crippen molar-refractivity contribution in [2.75, 3.05) is 5.32 Å². The number of rotatable bonds is 8. The minimum atomic E-state index is -1.22. The Morgan fingerprint density at radius 3 is 2.18 bits per heavy atom. The van der Waals surface area contributed by atoms with Crippen molar-refractivity contribution in [2.45, 2.75) is 46.1 Å². The second-order valence-corrected chi connectivity index (χ2v) is 10.5. The number of carboxylic acid groups (broad SMARTS) is 2. The molecule has 8 nitrogen and oxygen atoms in total. The number of amides is 2. The quantitative estimate of drug-likeness (QED) is 0.316. The predicted molar refractivity (Wildman–Crippen MR) is 146 cm³/mol. The standard InChI is InChI=1S/C28H28Cl2N2O6/c1-15-17(11-12-28(2,3)24(15)27(37)38)14-22(33)32-21(26(35)36)13-16-7-9-18(10-8-16)31-25(34)23-19(29)5-4-6-20(23)30/h4-10,14,21H,11-13H2,1-3H3,(H,31,34)(H,32,33)(H,35,36)(H,37,38)/b17-14+/t21-/m0/s1. The molecule has 38 heavy (non-hydrogen) atoms. The van der Waals surface area contributed by atoms with Crippen molar-refractivity contribution in [1.29, 1.82) is 0 Å². The second-order valence-electron chi connectivity index (χ2n) is 9.71. The lowest BCUT2D eigenvalue weighted by molar-refractivity contribution is -0.141. The van der Waals surface area contributed by atoms with E-state index in [2.05, 4.69) is 10.6 Å². The van der Waals surface area contributed by atoms with Crippen LogP contribution in [0.5, 0.6) is 0 Å². The van der Waals surface area contributed by atoms with Gasteiger partial charge in [0.2, 0.25) is 5.91 Å². The van der Waals surface area contributed by atoms with Gasteiger partial charge in [0, 0.05) is 23.8 Å². The molecule has 0 aromatic heterocycles. The topological polar surface area (TPSA) is 133 Å². The molecule has 1 aliphatic carbocycles. The van der Waals surface area contributed by atoms with Crippen LogP contribution in [-0.2, 0) is 20.8 Å². The molecule has 1 atom stereocenters. The highest BCUT2D eigenvalue weighted by molar-refractivity contribution is 6.40. The average molecular weight is 559 g/mol. The molecule has 0 saturated heterocycles. The first-order valence-corrected chi connectivity index (χ1v) is 12.6. The average Bonchev–Trinajstić information content (AvgIpc) is 2.81. The molecule has 2 aromatic carbocycles. The van der Waals surface area contributed by atoms with Crippen LogP contribution in [-0.4, -0.2) is 40.0 Å². The first kappa shape index (κ1) is 28.9. The van der Waals surface area contributed by atoms with Gasteiger partial charge in [0.1, 0.15) is 6.04 Å². The maximum atomic E-state index is 12.7. The maximum Gasteiger partial charge on any atom is 0.332 e. The molecule has 1 aliphatic rings. The normalized spacial score (nSPS) is 16.6. The minimum Gasteiger partial charge on any atom is -0.480 e. The zero-order valence-electron chi connectivity index (χ0n) is 21.1. The van der Waals surface area contributed by atoms with Crippen LogP contribution in [0.4, 0.5) is 5.69 Å². The number of benzene rings is 2. The van der Waals surface area contributed by atoms with Crippen LogP contribution >= 0.6 is 23.2 Å². The highest BCUT2D eigenvalue weighted by Crippen LogP contribution is 2.42. The summed E-state index contributed by atoms with van der Waals surface area (Å²) in [7, 11) is 0. The molecule has 200 valence electrons. The van der Waals surface area contributed by atoms with E-state index >= 15 is 0 Å². The Hall–Kier alpha value is -3.62. The van der Waals surface area contributed by atoms with Gasteiger partial charge in [0.15, 0.2) is 0 Å². The van der Waals surface area contributed by atoms with Gasteiger partial charge in [0.05, 0.1) is 15.6 Å². The summed E-state index contributed by atoms with van der Waals surface area (Å²) in [6.07, 6.45) is 2.34. The summed E-state index contributed by atoms with van der Waals surface area (Å²) >= 11 is 12.2. The molecular weight excluding hydrogens is 531 g/mol. The van der Waals surface area contributed by atoms with Crippen LogP contribution in [0.15, 0.2) is 65.3 Å². The lowest BCUT2D eigenvalue weighted by Crippen LogP contribution is -2.41. The number of aliphatic carboxylic acids is 2. The van der Waals surface area contributed by atoms with Gasteiger partial charge in [0.25, 0.3) is 5.91 Å². The Morgan fingerprint density at radius 1 is 1.03 bits per heavy atom. The number of halogens is 2. The van der Waals surface area contributed by atoms with Crippen molar-refractivity contribution in [3.8, 4) is 0 Å². The van der Waals surface area contributed by atoms with Crippen LogP contribution < -0.4 is 10.6 Å². The molecular formula is C28H28Cl2N2O6. The fourth-order valence-electron chi connectivity index (χ4n) is 4.50. The van der Waals surface area contributed by atoms with Crippen LogP contribution in [0.2, 0.25) is 10.0 Å². The lowest BCUT2D eigenvalue weighted by Gasteiger charge is -2.33. The van der Waals surface area contributed by atoms with E-state index in [1.807, 2.05) is 13.8 Å². The van der Waals surface area contributed by atoms with Gasteiger partial charge in [-0.05, 0) is 66.2 Å². The zero-order valence-corrected chi connectivity index (χ0v) is 22.6. The van der Waals surface area contributed by atoms with E-state index in [1.165, 1.54) is 6.08 Å². The molecule has 10 heteroatoms. The molecule has 0 spiro atoms. The fourth-order valence-corrected chi connectivity index (χ4v) is 5.07. The summed E-state index contributed by atoms with van der Waals surface area (Å²) < 4.78 is 0. The van der Waals surface area contributed by atoms with Crippen molar-refractivity contribution >= 4 is 52.6 Å². The summed E-state index contributed by atoms with van der Waals surface area (Å²) in [5.74, 6) is -3.35. The molecule has 2 amide bonds. The van der Waals surface area contributed by atoms with Gasteiger partial charge in [-0.15, -0.1) is 0 Å². The molecule has 0 unspecified atom stereocenters. The van der Waals surface area contributed by atoms with Gasteiger partial charge < -0.3 is 20.8 Å². The van der Waals surface area contributed by atoms with Crippen molar-refractivity contribution in [2.24, 2.45) is 5.41 Å². The SMILES string of the molecule is CC1=C(C(=O)O)C(C)(C)CC/C1=C\C(=O)N[C@@H](Cc1ccc(NC(=O)c2c(Cl)cccc2Cl)cc1)C(=O)O. The van der Waals surface area contributed by atoms with Crippen molar-refractivity contribution in [1.82, 2.24) is 5.32 Å². The number of allylic oxidation sites excluding steroid dienone is 2. The highest BCUT2D eigenvalue weighted by Gasteiger charge is 2.35. The van der Waals surface area contributed by atoms with Gasteiger partial charge in [-0.25, -0.2) is 9.59 Å². The van der Waals surface area contributed by atoms with E-state index in [1.54, 1.807) is 49.4 Å². The Morgan fingerprint density at radius 2 is 1.63 bits per heavy atom. The van der Waals surface area contributed by atoms with Crippen molar-refractivity contribution < 1.29 is 29.4 Å². The van der Waals surface area contributed by atoms with E-state index in [0.29, 0.717) is 35.2 Å². The fraction of sp³-hybridized carbons (Fsp3) is 0.286. The smallest absolute Gasteiger partial charge is 0.332 e. The number of carbonyl (C=O) groups is 4. The lowest BCUT2D eigenvalue weighted by atomic mass is 9.71. The van der Waals surface area contributed by atoms with Crippen molar-refractivity contribution in [3.05, 3.63) is 86.4 Å². The van der Waals surface area contributed by atoms with Gasteiger partial charge in [-0.1, -0.05) is 55.2 Å². The minimum absolute atomic E-state index is 0.00293. The van der Waals surface area contributed by atoms with E-state index in [9.17, 15) is 29.4 Å². The number of hydrogen-bond donors (Lipinski definition) is 4. The third kappa shape index (κ3) is 6.82. The van der Waals surface area contributed by atoms with Crippen LogP contribution in [0, 0.1) is 5.41 Å². The molecule has 4 N–H and O–H groups in total. The van der Waals surface area contributed by atoms with Crippen molar-refractivity contribution in [3.63, 3.8) is 0 Å². The van der Waals surface area contributed by atoms with Gasteiger partial charge in [-0.2, -0.15) is 0 Å². The molecule has 0 saturated carbocycles. The van der Waals surface area contributed by atoms with E-state index in [-0.39, 0.29) is 27.6 Å². The van der Waals surface area contributed by atoms with Gasteiger partial charge in [-0.3, -0.25) is 9.59 Å². The summed E-state index contributed by atoms with van der Waals surface area (Å²) in [6, 6.07) is 10.0. The Balaban J connectivity index is 1.70.